The van der Waals surface area contributed by atoms with Gasteiger partial charge in [-0.05, 0) is 61.2 Å². The minimum absolute atomic E-state index is 0.195. The molecule has 0 saturated carbocycles. The molecule has 2 aromatic heterocycles. The Labute approximate surface area is 246 Å². The van der Waals surface area contributed by atoms with Crippen LogP contribution >= 0.6 is 22.7 Å². The van der Waals surface area contributed by atoms with Gasteiger partial charge in [-0.3, -0.25) is 4.79 Å². The van der Waals surface area contributed by atoms with Crippen LogP contribution in [0.15, 0.2) is 53.4 Å². The number of carbonyl (C=O) groups excluding carboxylic acids is 2. The van der Waals surface area contributed by atoms with Gasteiger partial charge in [-0.25, -0.2) is 18.2 Å². The topological polar surface area (TPSA) is 109 Å². The summed E-state index contributed by atoms with van der Waals surface area (Å²) in [5.74, 6) is -0.338. The fourth-order valence-electron chi connectivity index (χ4n) is 5.37. The second-order valence-electron chi connectivity index (χ2n) is 10.1. The summed E-state index contributed by atoms with van der Waals surface area (Å²) in [5.41, 5.74) is 3.20. The molecule has 2 aromatic carbocycles. The minimum Gasteiger partial charge on any atom is -0.453 e. The van der Waals surface area contributed by atoms with Crippen LogP contribution in [0.3, 0.4) is 0 Å². The van der Waals surface area contributed by atoms with E-state index in [9.17, 15) is 18.0 Å². The predicted molar refractivity (Wildman–Crippen MR) is 161 cm³/mol. The van der Waals surface area contributed by atoms with E-state index in [0.29, 0.717) is 43.2 Å². The summed E-state index contributed by atoms with van der Waals surface area (Å²) < 4.78 is 33.9. The van der Waals surface area contributed by atoms with Crippen LogP contribution in [0.25, 0.3) is 20.8 Å². The molecule has 41 heavy (non-hydrogen) atoms. The predicted octanol–water partition coefficient (Wildman–Crippen LogP) is 5.97. The van der Waals surface area contributed by atoms with Crippen LogP contribution in [0, 0.1) is 0 Å². The van der Waals surface area contributed by atoms with Gasteiger partial charge in [0, 0.05) is 35.6 Å². The lowest BCUT2D eigenvalue weighted by molar-refractivity contribution is 0.102. The molecule has 12 heteroatoms. The lowest BCUT2D eigenvalue weighted by atomic mass is 10.0. The third kappa shape index (κ3) is 5.49. The maximum atomic E-state index is 13.4. The molecule has 2 amide bonds. The maximum Gasteiger partial charge on any atom is 0.409 e. The summed E-state index contributed by atoms with van der Waals surface area (Å²) >= 11 is 3.00. The number of hydrogen-bond donors (Lipinski definition) is 1. The molecule has 0 aliphatic carbocycles. The van der Waals surface area contributed by atoms with E-state index in [-0.39, 0.29) is 16.9 Å². The van der Waals surface area contributed by atoms with Crippen LogP contribution in [0.4, 0.5) is 9.80 Å². The summed E-state index contributed by atoms with van der Waals surface area (Å²) in [6.07, 6.45) is 4.03. The van der Waals surface area contributed by atoms with Crippen LogP contribution in [0.5, 0.6) is 0 Å². The fourth-order valence-corrected chi connectivity index (χ4v) is 9.25. The number of carbonyl (C=O) groups is 2. The number of fused-ring (bicyclic) bond motifs is 2. The van der Waals surface area contributed by atoms with Crippen molar-refractivity contribution in [2.75, 3.05) is 32.1 Å². The van der Waals surface area contributed by atoms with Crippen molar-refractivity contribution in [1.82, 2.24) is 14.2 Å². The van der Waals surface area contributed by atoms with E-state index in [2.05, 4.69) is 5.32 Å². The van der Waals surface area contributed by atoms with Crippen LogP contribution < -0.4 is 5.32 Å². The van der Waals surface area contributed by atoms with Crippen molar-refractivity contribution in [1.29, 1.82) is 0 Å². The van der Waals surface area contributed by atoms with Crippen molar-refractivity contribution >= 4 is 59.9 Å². The van der Waals surface area contributed by atoms with Gasteiger partial charge in [0.2, 0.25) is 10.0 Å². The van der Waals surface area contributed by atoms with Gasteiger partial charge in [-0.1, -0.05) is 25.0 Å². The summed E-state index contributed by atoms with van der Waals surface area (Å²) in [6.45, 7) is 1.95. The highest BCUT2D eigenvalue weighted by Gasteiger charge is 2.30. The van der Waals surface area contributed by atoms with Crippen LogP contribution in [-0.4, -0.2) is 61.4 Å². The summed E-state index contributed by atoms with van der Waals surface area (Å²) in [6, 6.07) is 14.0. The number of aromatic nitrogens is 1. The molecule has 2 aliphatic heterocycles. The first-order valence-corrected chi connectivity index (χ1v) is 16.7. The number of anilines is 1. The third-order valence-corrected chi connectivity index (χ3v) is 11.6. The Morgan fingerprint density at radius 2 is 1.68 bits per heavy atom. The third-order valence-electron chi connectivity index (χ3n) is 7.54. The van der Waals surface area contributed by atoms with Gasteiger partial charge in [0.25, 0.3) is 5.91 Å². The highest BCUT2D eigenvalue weighted by Crippen LogP contribution is 2.46. The smallest absolute Gasteiger partial charge is 0.409 e. The van der Waals surface area contributed by atoms with Crippen LogP contribution in [0.2, 0.25) is 0 Å². The number of hydrogen-bond acceptors (Lipinski definition) is 8. The number of para-hydroxylation sites is 1. The Morgan fingerprint density at radius 3 is 2.39 bits per heavy atom. The molecule has 2 aliphatic rings. The zero-order valence-corrected chi connectivity index (χ0v) is 25.0. The van der Waals surface area contributed by atoms with Crippen molar-refractivity contribution in [3.05, 3.63) is 64.5 Å². The first-order valence-electron chi connectivity index (χ1n) is 13.6. The molecule has 6 rings (SSSR count). The number of thiazole rings is 1. The molecule has 9 nitrogen and oxygen atoms in total. The Hall–Kier alpha value is -3.32. The Morgan fingerprint density at radius 1 is 0.951 bits per heavy atom. The van der Waals surface area contributed by atoms with E-state index in [0.717, 1.165) is 56.9 Å². The Balaban J connectivity index is 1.30. The normalized spacial score (nSPS) is 16.3. The minimum atomic E-state index is -3.60. The van der Waals surface area contributed by atoms with Gasteiger partial charge in [0.05, 0.1) is 28.8 Å². The number of amides is 2. The zero-order valence-electron chi connectivity index (χ0n) is 22.6. The molecule has 214 valence electrons. The molecule has 0 radical (unpaired) electrons. The summed E-state index contributed by atoms with van der Waals surface area (Å²) in [5, 5.41) is 4.54. The number of sulfonamides is 1. The average Bonchev–Trinajstić information content (AvgIpc) is 3.44. The van der Waals surface area contributed by atoms with Crippen molar-refractivity contribution in [3.8, 4) is 10.6 Å². The average molecular weight is 611 g/mol. The Bertz CT molecular complexity index is 1670. The van der Waals surface area contributed by atoms with Gasteiger partial charge in [-0.2, -0.15) is 4.31 Å². The molecule has 4 aromatic rings. The number of nitrogens with zero attached hydrogens (tertiary/aromatic N) is 3. The highest BCUT2D eigenvalue weighted by molar-refractivity contribution is 7.89. The quantitative estimate of drug-likeness (QED) is 0.298. The zero-order chi connectivity index (χ0) is 28.6. The van der Waals surface area contributed by atoms with E-state index in [1.807, 2.05) is 24.3 Å². The van der Waals surface area contributed by atoms with E-state index >= 15 is 0 Å². The number of ether oxygens (including phenoxy) is 1. The summed E-state index contributed by atoms with van der Waals surface area (Å²) in [7, 11) is -2.23. The van der Waals surface area contributed by atoms with Crippen molar-refractivity contribution < 1.29 is 22.7 Å². The maximum absolute atomic E-state index is 13.4. The second-order valence-corrected chi connectivity index (χ2v) is 14.2. The van der Waals surface area contributed by atoms with Crippen LogP contribution in [-0.2, 0) is 27.7 Å². The van der Waals surface area contributed by atoms with Gasteiger partial charge < -0.3 is 15.0 Å². The first kappa shape index (κ1) is 27.8. The number of benzene rings is 2. The highest BCUT2D eigenvalue weighted by atomic mass is 32.2. The molecular weight excluding hydrogens is 581 g/mol. The molecule has 1 N–H and O–H groups in total. The van der Waals surface area contributed by atoms with E-state index < -0.39 is 10.0 Å². The van der Waals surface area contributed by atoms with Gasteiger partial charge in [-0.15, -0.1) is 22.7 Å². The fraction of sp³-hybridized carbons (Fsp3) is 0.345. The van der Waals surface area contributed by atoms with Crippen molar-refractivity contribution in [2.24, 2.45) is 0 Å². The molecule has 0 unspecified atom stereocenters. The Kier molecular flexibility index (Phi) is 7.82. The standard InChI is InChI=1S/C29H30N4O5S3/c1-38-29(35)32-17-14-21-24(18-32)40-28(25(21)27-30-22-8-4-5-9-23(22)39-27)31-26(34)19-10-12-20(13-11-19)41(36,37)33-15-6-2-3-7-16-33/h4-5,8-13H,2-3,6-7,14-18H2,1H3,(H,31,34). The number of rotatable bonds is 5. The first-order chi connectivity index (χ1) is 19.8. The second kappa shape index (κ2) is 11.5. The molecule has 1 saturated heterocycles. The molecule has 1 fully saturated rings. The van der Waals surface area contributed by atoms with Gasteiger partial charge in [0.15, 0.2) is 0 Å². The molecule has 4 heterocycles. The summed E-state index contributed by atoms with van der Waals surface area (Å²) in [4.78, 5) is 33.3. The molecular formula is C29H30N4O5S3. The SMILES string of the molecule is COC(=O)N1CCc2c(sc(NC(=O)c3ccc(S(=O)(=O)N4CCCCCC4)cc3)c2-c2nc3ccccc3s2)C1. The number of thiophene rings is 1. The largest absolute Gasteiger partial charge is 0.453 e. The monoisotopic (exact) mass is 610 g/mol. The van der Waals surface area contributed by atoms with E-state index in [1.54, 1.807) is 32.7 Å². The lowest BCUT2D eigenvalue weighted by Gasteiger charge is -2.25. The number of nitrogens with one attached hydrogen (secondary N) is 1. The van der Waals surface area contributed by atoms with Crippen molar-refractivity contribution in [2.45, 2.75) is 43.5 Å². The van der Waals surface area contributed by atoms with E-state index in [4.69, 9.17) is 9.72 Å². The molecule has 0 atom stereocenters. The number of methoxy groups -OCH3 is 1. The lowest BCUT2D eigenvalue weighted by Crippen LogP contribution is -2.35. The molecule has 0 bridgehead atoms. The van der Waals surface area contributed by atoms with Crippen molar-refractivity contribution in [3.63, 3.8) is 0 Å². The van der Waals surface area contributed by atoms with Crippen LogP contribution in [0.1, 0.15) is 46.5 Å². The van der Waals surface area contributed by atoms with Gasteiger partial charge in [0.1, 0.15) is 10.0 Å². The van der Waals surface area contributed by atoms with E-state index in [1.165, 1.54) is 30.6 Å². The molecule has 0 spiro atoms. The van der Waals surface area contributed by atoms with Gasteiger partial charge >= 0.3 is 6.09 Å².